The van der Waals surface area contributed by atoms with Crippen LogP contribution < -0.4 is 74.9 Å². The zero-order valence-electron chi connectivity index (χ0n) is 61.3. The number of aliphatic hydroxyl groups is 1. The van der Waals surface area contributed by atoms with Gasteiger partial charge in [-0.25, -0.2) is 0 Å². The second kappa shape index (κ2) is 41.8. The van der Waals surface area contributed by atoms with Crippen molar-refractivity contribution in [2.45, 2.75) is 172 Å². The average molecular weight is 1510 g/mol. The number of nitrogens with two attached hydrogens (primary N) is 1. The van der Waals surface area contributed by atoms with Crippen LogP contribution in [0.15, 0.2) is 126 Å². The van der Waals surface area contributed by atoms with Gasteiger partial charge >= 0.3 is 0 Å². The number of hydrogen-bond donors (Lipinski definition) is 16. The second-order valence-corrected chi connectivity index (χ2v) is 28.1. The van der Waals surface area contributed by atoms with E-state index in [0.717, 1.165) is 30.2 Å². The highest BCUT2D eigenvalue weighted by atomic mass is 35.5. The molecule has 8 rings (SSSR count). The molecule has 17 N–H and O–H groups in total. The number of guanidine groups is 2. The fourth-order valence-corrected chi connectivity index (χ4v) is 12.8. The molecule has 32 heteroatoms. The van der Waals surface area contributed by atoms with E-state index in [1.54, 1.807) is 36.4 Å². The maximum absolute atomic E-state index is 15.1. The summed E-state index contributed by atoms with van der Waals surface area (Å²) in [6.07, 6.45) is 5.43. The largest absolute Gasteiger partial charge is 0.508 e. The third-order valence-electron chi connectivity index (χ3n) is 18.5. The lowest BCUT2D eigenvalue weighted by molar-refractivity contribution is -0.142. The Kier molecular flexibility index (Phi) is 32.0. The van der Waals surface area contributed by atoms with Crippen molar-refractivity contribution in [1.82, 2.24) is 79.0 Å². The number of phenols is 1. The van der Waals surface area contributed by atoms with Crippen molar-refractivity contribution in [3.8, 4) is 5.75 Å². The molecule has 0 aliphatic carbocycles. The number of phenolic OH excluding ortho intramolecular Hbond substituents is 1. The number of hydrogen-bond acceptors (Lipinski definition) is 20. The van der Waals surface area contributed by atoms with Gasteiger partial charge in [0.1, 0.15) is 66.2 Å². The molecule has 1 aromatic heterocycles. The van der Waals surface area contributed by atoms with Crippen LogP contribution in [0.5, 0.6) is 5.75 Å². The van der Waals surface area contributed by atoms with Crippen molar-refractivity contribution in [2.75, 3.05) is 52.4 Å². The monoisotopic (exact) mass is 1510 g/mol. The Morgan fingerprint density at radius 3 is 1.56 bits per heavy atom. The highest BCUT2D eigenvalue weighted by Gasteiger charge is 2.40. The molecule has 10 atom stereocenters. The SMILES string of the molecule is CC(=O)N[C@H](Cc1ccc2ccccc2c1)C(=O)N[C@H](Cc1ccc(Cl)cc1)C(=O)N[C@H](Cc1cccnc1)C(=O)N[C@@H](CO)C(=O)N[C@@H](Cc1ccc(O)cc1)C(=O)N[C@H](CCCNC1=NCCCN1)C(=O)N[C@@H](CC(C)C)C(=O)N[C@@H](CCCNC1=NCCCN1)C(=O)N1CCC[C@H]1C(=O)N[C@H](C)C(N)=O. The number of carbonyl (C=O) groups is 11. The van der Waals surface area contributed by atoms with Crippen molar-refractivity contribution in [2.24, 2.45) is 21.6 Å². The summed E-state index contributed by atoms with van der Waals surface area (Å²) in [4.78, 5) is 171. The number of fused-ring (bicyclic) bond motifs is 1. The maximum Gasteiger partial charge on any atom is 0.245 e. The van der Waals surface area contributed by atoms with E-state index >= 15 is 9.59 Å². The third kappa shape index (κ3) is 26.2. The number of aromatic nitrogens is 1. The van der Waals surface area contributed by atoms with Crippen LogP contribution in [0.1, 0.15) is 108 Å². The first-order valence-electron chi connectivity index (χ1n) is 36.7. The molecule has 3 aliphatic heterocycles. The summed E-state index contributed by atoms with van der Waals surface area (Å²) in [5, 5.41) is 60.9. The molecule has 11 amide bonds. The Morgan fingerprint density at radius 2 is 1.03 bits per heavy atom. The van der Waals surface area contributed by atoms with Crippen molar-refractivity contribution < 1.29 is 63.0 Å². The van der Waals surface area contributed by atoms with E-state index in [2.05, 4.69) is 84.1 Å². The minimum atomic E-state index is -1.81. The number of aliphatic imine (C=N–C) groups is 2. The molecule has 0 spiro atoms. The minimum absolute atomic E-state index is 0.0393. The van der Waals surface area contributed by atoms with E-state index in [4.69, 9.17) is 17.3 Å². The van der Waals surface area contributed by atoms with Crippen LogP contribution in [0.4, 0.5) is 0 Å². The Labute approximate surface area is 632 Å². The lowest BCUT2D eigenvalue weighted by atomic mass is 9.99. The number of aromatic hydroxyl groups is 1. The Balaban J connectivity index is 1.03. The minimum Gasteiger partial charge on any atom is -0.508 e. The first kappa shape index (κ1) is 82.7. The predicted octanol–water partition coefficient (Wildman–Crippen LogP) is 0.220. The van der Waals surface area contributed by atoms with Crippen LogP contribution >= 0.6 is 11.6 Å². The van der Waals surface area contributed by atoms with Crippen LogP contribution in [-0.4, -0.2) is 210 Å². The van der Waals surface area contributed by atoms with Crippen molar-refractivity contribution in [3.05, 3.63) is 143 Å². The predicted molar refractivity (Wildman–Crippen MR) is 406 cm³/mol. The summed E-state index contributed by atoms with van der Waals surface area (Å²) in [7, 11) is 0. The standard InChI is InChI=1S/C76H101ClN18O13/c1-45(2)37-58(67(101)89-57(17-9-31-81-76-84-34-12-35-85-76)74(108)95-36-10-18-64(95)73(107)86-46(3)65(78)99)90-66(100)56(16-8-30-80-75-82-32-11-33-83-75)88-69(103)60(40-49-22-27-55(98)28-23-49)93-72(106)63(44-96)94-71(105)62(42-51-13-7-29-79-43-51)92-70(104)61(39-48-20-25-54(77)26-21-48)91-68(102)59(87-47(4)97)41-50-19-24-52-14-5-6-15-53(52)38-50/h5-7,13-15,19-29,38,43,45-46,56-64,96,98H,8-12,16-18,30-37,39-42,44H2,1-4H3,(H2,78,99)(H,86,107)(H,87,97)(H,88,103)(H,89,101)(H,90,100)(H,91,102)(H,92,104)(H,93,106)(H,94,105)(H2,80,82,83)(H2,81,84,85)/t46-,56-,57+,58+,59-,60+,61-,62-,63+,64+/m1/s1. The Morgan fingerprint density at radius 1 is 0.546 bits per heavy atom. The molecule has 0 radical (unpaired) electrons. The summed E-state index contributed by atoms with van der Waals surface area (Å²) < 4.78 is 0. The molecule has 4 heterocycles. The zero-order chi connectivity index (χ0) is 77.7. The zero-order valence-corrected chi connectivity index (χ0v) is 62.1. The van der Waals surface area contributed by atoms with Crippen LogP contribution in [0.2, 0.25) is 5.02 Å². The molecule has 580 valence electrons. The number of nitrogens with one attached hydrogen (secondary N) is 13. The molecule has 0 saturated carbocycles. The second-order valence-electron chi connectivity index (χ2n) is 27.6. The summed E-state index contributed by atoms with van der Waals surface area (Å²) in [6, 6.07) is 15.3. The number of likely N-dealkylation sites (tertiary alicyclic amines) is 1. The van der Waals surface area contributed by atoms with Crippen molar-refractivity contribution in [3.63, 3.8) is 0 Å². The van der Waals surface area contributed by atoms with Gasteiger partial charge in [-0.05, 0) is 134 Å². The summed E-state index contributed by atoms with van der Waals surface area (Å²) in [6.45, 7) is 8.70. The maximum atomic E-state index is 15.1. The number of nitrogens with zero attached hydrogens (tertiary/aromatic N) is 4. The normalized spacial score (nSPS) is 16.5. The van der Waals surface area contributed by atoms with Gasteiger partial charge in [-0.3, -0.25) is 67.7 Å². The topological polar surface area (TPSA) is 451 Å². The van der Waals surface area contributed by atoms with Gasteiger partial charge in [0.15, 0.2) is 11.9 Å². The van der Waals surface area contributed by atoms with E-state index in [9.17, 15) is 53.4 Å². The van der Waals surface area contributed by atoms with E-state index in [0.29, 0.717) is 78.2 Å². The van der Waals surface area contributed by atoms with Crippen LogP contribution in [0.3, 0.4) is 0 Å². The number of pyridine rings is 1. The van der Waals surface area contributed by atoms with Crippen molar-refractivity contribution in [1.29, 1.82) is 0 Å². The average Bonchev–Trinajstić information content (AvgIpc) is 1.51. The van der Waals surface area contributed by atoms with Crippen LogP contribution in [-0.2, 0) is 78.4 Å². The summed E-state index contributed by atoms with van der Waals surface area (Å²) >= 11 is 6.26. The first-order valence-corrected chi connectivity index (χ1v) is 37.1. The van der Waals surface area contributed by atoms with Crippen molar-refractivity contribution >= 4 is 99.3 Å². The third-order valence-corrected chi connectivity index (χ3v) is 18.7. The molecule has 1 saturated heterocycles. The fourth-order valence-electron chi connectivity index (χ4n) is 12.7. The van der Waals surface area contributed by atoms with Gasteiger partial charge in [-0.15, -0.1) is 0 Å². The smallest absolute Gasteiger partial charge is 0.245 e. The molecule has 1 fully saturated rings. The van der Waals surface area contributed by atoms with Crippen LogP contribution in [0, 0.1) is 5.92 Å². The molecule has 4 aromatic carbocycles. The number of rotatable bonds is 38. The van der Waals surface area contributed by atoms with E-state index in [1.165, 1.54) is 55.4 Å². The molecular weight excluding hydrogens is 1410 g/mol. The molecule has 5 aromatic rings. The molecule has 0 bridgehead atoms. The highest BCUT2D eigenvalue weighted by molar-refractivity contribution is 6.30. The van der Waals surface area contributed by atoms with Gasteiger partial charge in [-0.1, -0.05) is 98.2 Å². The van der Waals surface area contributed by atoms with Gasteiger partial charge < -0.3 is 90.0 Å². The van der Waals surface area contributed by atoms with E-state index in [-0.39, 0.29) is 82.5 Å². The van der Waals surface area contributed by atoms with Gasteiger partial charge in [0, 0.05) is 95.8 Å². The molecule has 31 nitrogen and oxygen atoms in total. The lowest BCUT2D eigenvalue weighted by Gasteiger charge is -2.31. The number of aliphatic hydroxyl groups excluding tert-OH is 1. The number of amides is 11. The van der Waals surface area contributed by atoms with Gasteiger partial charge in [0.05, 0.1) is 6.61 Å². The van der Waals surface area contributed by atoms with Crippen LogP contribution in [0.25, 0.3) is 10.8 Å². The fraction of sp³-hybridized carbons (Fsp3) is 0.474. The van der Waals surface area contributed by atoms with Gasteiger partial charge in [0.2, 0.25) is 65.0 Å². The summed E-state index contributed by atoms with van der Waals surface area (Å²) in [5.74, 6) is -7.76. The Hall–Kier alpha value is -10.9. The lowest BCUT2D eigenvalue weighted by Crippen LogP contribution is -2.61. The number of carbonyl (C=O) groups excluding carboxylic acids is 11. The Bertz CT molecular complexity index is 3980. The number of primary amides is 1. The number of benzene rings is 4. The van der Waals surface area contributed by atoms with Gasteiger partial charge in [-0.2, -0.15) is 0 Å². The molecule has 108 heavy (non-hydrogen) atoms. The van der Waals surface area contributed by atoms with Gasteiger partial charge in [0.25, 0.3) is 0 Å². The quantitative estimate of drug-likeness (QED) is 0.0235. The first-order chi connectivity index (χ1) is 51.9. The van der Waals surface area contributed by atoms with E-state index in [1.807, 2.05) is 56.3 Å². The molecular formula is C76H101ClN18O13. The number of halogens is 1. The highest BCUT2D eigenvalue weighted by Crippen LogP contribution is 2.23. The summed E-state index contributed by atoms with van der Waals surface area (Å²) in [5.41, 5.74) is 7.60. The molecule has 3 aliphatic rings. The molecule has 0 unspecified atom stereocenters. The van der Waals surface area contributed by atoms with E-state index < -0.39 is 132 Å².